The summed E-state index contributed by atoms with van der Waals surface area (Å²) in [5.74, 6) is 0. The molecule has 0 N–H and O–H groups in total. The minimum atomic E-state index is 1.07. The zero-order valence-corrected chi connectivity index (χ0v) is 17.8. The van der Waals surface area contributed by atoms with Gasteiger partial charge in [-0.25, -0.2) is 0 Å². The maximum Gasteiger partial charge on any atom is 0.0742 e. The first-order valence-electron chi connectivity index (χ1n) is 11.5. The summed E-state index contributed by atoms with van der Waals surface area (Å²) in [6, 6.07) is 18.1. The van der Waals surface area contributed by atoms with Crippen LogP contribution in [0.25, 0.3) is 33.1 Å². The molecule has 0 amide bonds. The summed E-state index contributed by atoms with van der Waals surface area (Å²) in [5, 5.41) is 2.78. The monoisotopic (exact) mass is 395 g/mol. The van der Waals surface area contributed by atoms with Gasteiger partial charge in [-0.3, -0.25) is 9.88 Å². The van der Waals surface area contributed by atoms with E-state index in [2.05, 4.69) is 64.9 Å². The molecule has 3 heteroatoms. The lowest BCUT2D eigenvalue weighted by Gasteiger charge is -2.26. The third-order valence-corrected chi connectivity index (χ3v) is 7.10. The van der Waals surface area contributed by atoms with Crippen LogP contribution in [0, 0.1) is 6.92 Å². The Hall–Kier alpha value is -2.65. The zero-order chi connectivity index (χ0) is 20.1. The predicted molar refractivity (Wildman–Crippen MR) is 125 cm³/mol. The fraction of sp³-hybridized carbons (Fsp3) is 0.370. The number of piperidine rings is 1. The standard InChI is InChI=1S/C27H29N3/c1-19-25-22-8-3-4-10-24(22)30-17-7-9-23(27(25)30)28-26(19)21-13-11-20(12-14-21)18-29-15-5-2-6-16-29/h3-4,8,10-14H,2,5-7,9,15-18H2,1H3. The number of fused-ring (bicyclic) bond motifs is 3. The Balaban J connectivity index is 1.44. The van der Waals surface area contributed by atoms with Gasteiger partial charge in [-0.05, 0) is 62.9 Å². The van der Waals surface area contributed by atoms with Crippen LogP contribution in [-0.2, 0) is 19.5 Å². The number of hydrogen-bond acceptors (Lipinski definition) is 2. The van der Waals surface area contributed by atoms with Crippen molar-refractivity contribution in [2.75, 3.05) is 13.1 Å². The van der Waals surface area contributed by atoms with Gasteiger partial charge in [-0.15, -0.1) is 0 Å². The lowest BCUT2D eigenvalue weighted by Crippen LogP contribution is -2.29. The second-order valence-electron chi connectivity index (χ2n) is 9.06. The molecule has 4 heterocycles. The van der Waals surface area contributed by atoms with Crippen molar-refractivity contribution >= 4 is 21.8 Å². The predicted octanol–water partition coefficient (Wildman–Crippen LogP) is 6.10. The van der Waals surface area contributed by atoms with E-state index in [1.165, 1.54) is 83.0 Å². The molecule has 2 aromatic carbocycles. The van der Waals surface area contributed by atoms with E-state index >= 15 is 0 Å². The van der Waals surface area contributed by atoms with Gasteiger partial charge in [0.15, 0.2) is 0 Å². The molecule has 3 nitrogen and oxygen atoms in total. The number of rotatable bonds is 3. The molecule has 1 saturated heterocycles. The minimum Gasteiger partial charge on any atom is -0.339 e. The van der Waals surface area contributed by atoms with Gasteiger partial charge in [-0.1, -0.05) is 48.9 Å². The Morgan fingerprint density at radius 2 is 1.67 bits per heavy atom. The highest BCUT2D eigenvalue weighted by Crippen LogP contribution is 2.39. The van der Waals surface area contributed by atoms with Gasteiger partial charge in [-0.2, -0.15) is 0 Å². The molecule has 0 spiro atoms. The number of hydrogen-bond donors (Lipinski definition) is 0. The van der Waals surface area contributed by atoms with Gasteiger partial charge < -0.3 is 4.57 Å². The second-order valence-corrected chi connectivity index (χ2v) is 9.06. The lowest BCUT2D eigenvalue weighted by atomic mass is 9.98. The number of benzene rings is 2. The summed E-state index contributed by atoms with van der Waals surface area (Å²) in [7, 11) is 0. The van der Waals surface area contributed by atoms with Gasteiger partial charge in [0.1, 0.15) is 0 Å². The first kappa shape index (κ1) is 18.1. The molecule has 0 unspecified atom stereocenters. The van der Waals surface area contributed by atoms with Gasteiger partial charge in [0.2, 0.25) is 0 Å². The number of likely N-dealkylation sites (tertiary alicyclic amines) is 1. The average molecular weight is 396 g/mol. The van der Waals surface area contributed by atoms with Gasteiger partial charge in [0, 0.05) is 34.9 Å². The summed E-state index contributed by atoms with van der Waals surface area (Å²) in [6.07, 6.45) is 6.33. The summed E-state index contributed by atoms with van der Waals surface area (Å²) >= 11 is 0. The Kier molecular flexibility index (Phi) is 4.38. The molecule has 2 aliphatic heterocycles. The molecule has 0 bridgehead atoms. The third-order valence-electron chi connectivity index (χ3n) is 7.10. The van der Waals surface area contributed by atoms with Crippen LogP contribution >= 0.6 is 0 Å². The molecular weight excluding hydrogens is 366 g/mol. The van der Waals surface area contributed by atoms with E-state index in [0.29, 0.717) is 0 Å². The van der Waals surface area contributed by atoms with Crippen molar-refractivity contribution in [2.45, 2.75) is 52.1 Å². The van der Waals surface area contributed by atoms with Crippen LogP contribution in [0.1, 0.15) is 42.5 Å². The van der Waals surface area contributed by atoms with Crippen molar-refractivity contribution in [2.24, 2.45) is 0 Å². The van der Waals surface area contributed by atoms with Crippen molar-refractivity contribution in [3.05, 3.63) is 65.4 Å². The number of nitrogens with zero attached hydrogens (tertiary/aromatic N) is 3. The SMILES string of the molecule is Cc1c(-c2ccc(CN3CCCCC3)cc2)nc2c3c1c1ccccc1n3CCC2. The molecule has 1 fully saturated rings. The van der Waals surface area contributed by atoms with Crippen LogP contribution in [0.3, 0.4) is 0 Å². The molecule has 0 aliphatic carbocycles. The topological polar surface area (TPSA) is 21.1 Å². The molecule has 0 radical (unpaired) electrons. The van der Waals surface area contributed by atoms with Crippen LogP contribution in [0.5, 0.6) is 0 Å². The van der Waals surface area contributed by atoms with Crippen LogP contribution in [-0.4, -0.2) is 27.5 Å². The van der Waals surface area contributed by atoms with Gasteiger partial charge in [0.05, 0.1) is 16.9 Å². The molecular formula is C27H29N3. The average Bonchev–Trinajstić information content (AvgIpc) is 3.14. The smallest absolute Gasteiger partial charge is 0.0742 e. The summed E-state index contributed by atoms with van der Waals surface area (Å²) in [6.45, 7) is 6.92. The number of para-hydroxylation sites is 1. The molecule has 6 rings (SSSR count). The summed E-state index contributed by atoms with van der Waals surface area (Å²) in [4.78, 5) is 7.80. The van der Waals surface area contributed by atoms with Crippen molar-refractivity contribution < 1.29 is 0 Å². The van der Waals surface area contributed by atoms with E-state index in [1.807, 2.05) is 0 Å². The number of aryl methyl sites for hydroxylation is 3. The highest BCUT2D eigenvalue weighted by molar-refractivity contribution is 6.12. The van der Waals surface area contributed by atoms with Crippen molar-refractivity contribution in [1.82, 2.24) is 14.5 Å². The maximum absolute atomic E-state index is 5.21. The van der Waals surface area contributed by atoms with Crippen molar-refractivity contribution in [3.8, 4) is 11.3 Å². The van der Waals surface area contributed by atoms with Crippen LogP contribution in [0.4, 0.5) is 0 Å². The highest BCUT2D eigenvalue weighted by atomic mass is 15.1. The van der Waals surface area contributed by atoms with Crippen molar-refractivity contribution in [3.63, 3.8) is 0 Å². The second kappa shape index (κ2) is 7.24. The summed E-state index contributed by atoms with van der Waals surface area (Å²) in [5.41, 5.74) is 9.12. The van der Waals surface area contributed by atoms with E-state index in [9.17, 15) is 0 Å². The largest absolute Gasteiger partial charge is 0.339 e. The maximum atomic E-state index is 5.21. The molecule has 152 valence electrons. The molecule has 30 heavy (non-hydrogen) atoms. The number of pyridine rings is 1. The summed E-state index contributed by atoms with van der Waals surface area (Å²) < 4.78 is 2.50. The lowest BCUT2D eigenvalue weighted by molar-refractivity contribution is 0.221. The first-order chi connectivity index (χ1) is 14.8. The number of aromatic nitrogens is 2. The molecule has 0 atom stereocenters. The van der Waals surface area contributed by atoms with E-state index in [-0.39, 0.29) is 0 Å². The molecule has 4 aromatic rings. The van der Waals surface area contributed by atoms with E-state index in [4.69, 9.17) is 4.98 Å². The fourth-order valence-electron chi connectivity index (χ4n) is 5.61. The first-order valence-corrected chi connectivity index (χ1v) is 11.5. The molecule has 0 saturated carbocycles. The molecule has 2 aromatic heterocycles. The van der Waals surface area contributed by atoms with Crippen molar-refractivity contribution in [1.29, 1.82) is 0 Å². The van der Waals surface area contributed by atoms with E-state index in [1.54, 1.807) is 0 Å². The zero-order valence-electron chi connectivity index (χ0n) is 17.8. The Morgan fingerprint density at radius 3 is 2.50 bits per heavy atom. The van der Waals surface area contributed by atoms with Crippen LogP contribution < -0.4 is 0 Å². The minimum absolute atomic E-state index is 1.07. The van der Waals surface area contributed by atoms with Crippen LogP contribution in [0.15, 0.2) is 48.5 Å². The van der Waals surface area contributed by atoms with E-state index in [0.717, 1.165) is 25.2 Å². The van der Waals surface area contributed by atoms with Gasteiger partial charge in [0.25, 0.3) is 0 Å². The Morgan fingerprint density at radius 1 is 0.867 bits per heavy atom. The highest BCUT2D eigenvalue weighted by Gasteiger charge is 2.22. The quantitative estimate of drug-likeness (QED) is 0.418. The van der Waals surface area contributed by atoms with Gasteiger partial charge >= 0.3 is 0 Å². The molecule has 2 aliphatic rings. The van der Waals surface area contributed by atoms with E-state index < -0.39 is 0 Å². The van der Waals surface area contributed by atoms with Crippen LogP contribution in [0.2, 0.25) is 0 Å². The Labute approximate surface area is 178 Å². The normalized spacial score (nSPS) is 17.1. The fourth-order valence-corrected chi connectivity index (χ4v) is 5.61. The Bertz CT molecular complexity index is 1230. The third kappa shape index (κ3) is 2.87.